The molecule has 31 heavy (non-hydrogen) atoms. The minimum absolute atomic E-state index is 0.234. The molecule has 2 aromatic carbocycles. The minimum atomic E-state index is -0.245. The number of carbonyl (C=O) groups excluding carboxylic acids is 2. The van der Waals surface area contributed by atoms with E-state index in [4.69, 9.17) is 9.47 Å². The van der Waals surface area contributed by atoms with Gasteiger partial charge in [-0.1, -0.05) is 30.3 Å². The molecule has 2 aliphatic heterocycles. The number of imide groups is 1. The van der Waals surface area contributed by atoms with Crippen LogP contribution in [0.3, 0.4) is 0 Å². The molecule has 6 heteroatoms. The molecule has 0 bridgehead atoms. The molecule has 6 nitrogen and oxygen atoms in total. The number of nitrogens with zero attached hydrogens (tertiary/aromatic N) is 2. The molecule has 0 aliphatic carbocycles. The van der Waals surface area contributed by atoms with Crippen LogP contribution in [0.2, 0.25) is 0 Å². The summed E-state index contributed by atoms with van der Waals surface area (Å²) in [5.41, 5.74) is 3.85. The molecule has 2 heterocycles. The molecule has 4 rings (SSSR count). The van der Waals surface area contributed by atoms with E-state index in [1.165, 1.54) is 10.5 Å². The van der Waals surface area contributed by atoms with Gasteiger partial charge in [-0.25, -0.2) is 0 Å². The molecule has 0 fully saturated rings. The predicted molar refractivity (Wildman–Crippen MR) is 120 cm³/mol. The summed E-state index contributed by atoms with van der Waals surface area (Å²) in [5.74, 6) is 0.261. The maximum absolute atomic E-state index is 13.5. The Hall–Kier alpha value is -3.12. The van der Waals surface area contributed by atoms with E-state index in [-0.39, 0.29) is 11.8 Å². The minimum Gasteiger partial charge on any atom is -0.494 e. The topological polar surface area (TPSA) is 59.1 Å². The molecule has 0 saturated heterocycles. The fraction of sp³-hybridized carbons (Fsp3) is 0.360. The van der Waals surface area contributed by atoms with Crippen molar-refractivity contribution in [1.29, 1.82) is 0 Å². The summed E-state index contributed by atoms with van der Waals surface area (Å²) in [7, 11) is 0. The van der Waals surface area contributed by atoms with Crippen molar-refractivity contribution in [2.45, 2.75) is 26.7 Å². The Balaban J connectivity index is 1.71. The number of para-hydroxylation sites is 1. The van der Waals surface area contributed by atoms with Crippen LogP contribution in [-0.4, -0.2) is 49.6 Å². The van der Waals surface area contributed by atoms with Gasteiger partial charge in [0.25, 0.3) is 11.8 Å². The van der Waals surface area contributed by atoms with Crippen molar-refractivity contribution in [3.63, 3.8) is 0 Å². The van der Waals surface area contributed by atoms with Gasteiger partial charge in [-0.05, 0) is 56.0 Å². The highest BCUT2D eigenvalue weighted by atomic mass is 16.5. The van der Waals surface area contributed by atoms with E-state index in [2.05, 4.69) is 6.07 Å². The van der Waals surface area contributed by atoms with Crippen LogP contribution in [-0.2, 0) is 20.7 Å². The van der Waals surface area contributed by atoms with Crippen LogP contribution in [0.1, 0.15) is 31.4 Å². The summed E-state index contributed by atoms with van der Waals surface area (Å²) in [4.78, 5) is 30.3. The number of ether oxygens (including phenoxy) is 2. The van der Waals surface area contributed by atoms with Crippen molar-refractivity contribution >= 4 is 23.1 Å². The summed E-state index contributed by atoms with van der Waals surface area (Å²) in [5, 5.41) is 0. The van der Waals surface area contributed by atoms with Gasteiger partial charge in [0.05, 0.1) is 12.2 Å². The zero-order chi connectivity index (χ0) is 21.8. The van der Waals surface area contributed by atoms with E-state index in [1.54, 1.807) is 0 Å². The second-order valence-electron chi connectivity index (χ2n) is 7.52. The number of benzene rings is 2. The van der Waals surface area contributed by atoms with E-state index in [0.717, 1.165) is 23.4 Å². The maximum Gasteiger partial charge on any atom is 0.278 e. The van der Waals surface area contributed by atoms with Crippen LogP contribution >= 0.6 is 0 Å². The van der Waals surface area contributed by atoms with Crippen molar-refractivity contribution in [1.82, 2.24) is 4.90 Å². The highest BCUT2D eigenvalue weighted by molar-refractivity contribution is 6.36. The summed E-state index contributed by atoms with van der Waals surface area (Å²) in [6.07, 6.45) is 1.47. The highest BCUT2D eigenvalue weighted by Crippen LogP contribution is 2.38. The van der Waals surface area contributed by atoms with Crippen LogP contribution in [0.15, 0.2) is 54.2 Å². The number of hydrogen-bond acceptors (Lipinski definition) is 5. The number of amides is 2. The monoisotopic (exact) mass is 420 g/mol. The molecule has 0 spiro atoms. The van der Waals surface area contributed by atoms with Crippen molar-refractivity contribution in [2.24, 2.45) is 0 Å². The number of hydrogen-bond donors (Lipinski definition) is 0. The Kier molecular flexibility index (Phi) is 6.37. The zero-order valence-corrected chi connectivity index (χ0v) is 18.1. The lowest BCUT2D eigenvalue weighted by Gasteiger charge is -2.21. The van der Waals surface area contributed by atoms with Crippen molar-refractivity contribution in [3.05, 3.63) is 65.4 Å². The van der Waals surface area contributed by atoms with Gasteiger partial charge in [-0.15, -0.1) is 0 Å². The van der Waals surface area contributed by atoms with Gasteiger partial charge in [-0.2, -0.15) is 0 Å². The average molecular weight is 421 g/mol. The van der Waals surface area contributed by atoms with Gasteiger partial charge in [0.1, 0.15) is 11.4 Å². The number of fused-ring (bicyclic) bond motifs is 1. The van der Waals surface area contributed by atoms with Crippen LogP contribution in [0.5, 0.6) is 5.75 Å². The molecule has 162 valence electrons. The van der Waals surface area contributed by atoms with Gasteiger partial charge in [0.15, 0.2) is 0 Å². The van der Waals surface area contributed by atoms with Crippen LogP contribution in [0.25, 0.3) is 5.57 Å². The standard InChI is InChI=1S/C25H28N2O4/c1-3-30-17-7-15-27-24(28)22(19-10-12-20(13-11-19)31-4-2)23(25(27)29)26-16-14-18-8-5-6-9-21(18)26/h5-6,8-13H,3-4,7,14-17H2,1-2H3. The van der Waals surface area contributed by atoms with E-state index < -0.39 is 0 Å². The predicted octanol–water partition coefficient (Wildman–Crippen LogP) is 3.65. The van der Waals surface area contributed by atoms with E-state index in [9.17, 15) is 9.59 Å². The first kappa shape index (κ1) is 21.1. The van der Waals surface area contributed by atoms with Crippen LogP contribution < -0.4 is 9.64 Å². The molecule has 0 aromatic heterocycles. The third-order valence-corrected chi connectivity index (χ3v) is 5.63. The van der Waals surface area contributed by atoms with Gasteiger partial charge in [0, 0.05) is 32.0 Å². The van der Waals surface area contributed by atoms with E-state index >= 15 is 0 Å². The molecule has 0 unspecified atom stereocenters. The second kappa shape index (κ2) is 9.35. The van der Waals surface area contributed by atoms with Crippen molar-refractivity contribution in [2.75, 3.05) is 37.8 Å². The number of anilines is 1. The molecule has 0 radical (unpaired) electrons. The molecule has 2 aromatic rings. The van der Waals surface area contributed by atoms with Gasteiger partial charge in [-0.3, -0.25) is 14.5 Å². The van der Waals surface area contributed by atoms with Crippen LogP contribution in [0.4, 0.5) is 5.69 Å². The molecule has 0 saturated carbocycles. The Labute approximate surface area is 183 Å². The quantitative estimate of drug-likeness (QED) is 0.458. The van der Waals surface area contributed by atoms with E-state index in [1.807, 2.05) is 61.2 Å². The third kappa shape index (κ3) is 4.08. The summed E-state index contributed by atoms with van der Waals surface area (Å²) in [6, 6.07) is 15.5. The molecule has 2 amide bonds. The third-order valence-electron chi connectivity index (χ3n) is 5.63. The summed E-state index contributed by atoms with van der Waals surface area (Å²) >= 11 is 0. The Bertz CT molecular complexity index is 997. The smallest absolute Gasteiger partial charge is 0.278 e. The normalized spacial score (nSPS) is 15.8. The average Bonchev–Trinajstić information content (AvgIpc) is 3.31. The van der Waals surface area contributed by atoms with Crippen molar-refractivity contribution in [3.8, 4) is 5.75 Å². The lowest BCUT2D eigenvalue weighted by molar-refractivity contribution is -0.137. The fourth-order valence-corrected chi connectivity index (χ4v) is 4.20. The van der Waals surface area contributed by atoms with Gasteiger partial charge < -0.3 is 14.4 Å². The first-order valence-electron chi connectivity index (χ1n) is 10.9. The maximum atomic E-state index is 13.5. The van der Waals surface area contributed by atoms with Gasteiger partial charge in [0.2, 0.25) is 0 Å². The second-order valence-corrected chi connectivity index (χ2v) is 7.52. The fourth-order valence-electron chi connectivity index (χ4n) is 4.20. The zero-order valence-electron chi connectivity index (χ0n) is 18.1. The van der Waals surface area contributed by atoms with E-state index in [0.29, 0.717) is 50.6 Å². The van der Waals surface area contributed by atoms with Gasteiger partial charge >= 0.3 is 0 Å². The Morgan fingerprint density at radius 2 is 1.71 bits per heavy atom. The first-order valence-corrected chi connectivity index (χ1v) is 10.9. The number of rotatable bonds is 9. The summed E-state index contributed by atoms with van der Waals surface area (Å²) < 4.78 is 10.9. The largest absolute Gasteiger partial charge is 0.494 e. The van der Waals surface area contributed by atoms with Crippen molar-refractivity contribution < 1.29 is 19.1 Å². The number of carbonyl (C=O) groups is 2. The first-order chi connectivity index (χ1) is 15.2. The molecular weight excluding hydrogens is 392 g/mol. The Morgan fingerprint density at radius 1 is 0.935 bits per heavy atom. The highest BCUT2D eigenvalue weighted by Gasteiger charge is 2.42. The molecule has 0 atom stereocenters. The molecule has 0 N–H and O–H groups in total. The molecular formula is C25H28N2O4. The molecule has 2 aliphatic rings. The van der Waals surface area contributed by atoms with Crippen LogP contribution in [0, 0.1) is 0 Å². The summed E-state index contributed by atoms with van der Waals surface area (Å²) in [6.45, 7) is 6.60. The lowest BCUT2D eigenvalue weighted by atomic mass is 10.0. The Morgan fingerprint density at radius 3 is 2.45 bits per heavy atom. The lowest BCUT2D eigenvalue weighted by Crippen LogP contribution is -2.36. The SMILES string of the molecule is CCOCCCN1C(=O)C(c2ccc(OCC)cc2)=C(N2CCc3ccccc32)C1=O.